The first-order valence-corrected chi connectivity index (χ1v) is 16.0. The van der Waals surface area contributed by atoms with Crippen LogP contribution in [0.4, 0.5) is 0 Å². The summed E-state index contributed by atoms with van der Waals surface area (Å²) in [7, 11) is 0. The highest BCUT2D eigenvalue weighted by Crippen LogP contribution is 2.42. The van der Waals surface area contributed by atoms with Gasteiger partial charge in [0.1, 0.15) is 11.2 Å². The SMILES string of the molecule is c1ccc(-c2nc(-c3ccccc3)nc(-n3c4c(-c5ccc6c(c5)oc5ccccc56)cccc4c4ccc5ccccc5c43)n2)cc1. The van der Waals surface area contributed by atoms with E-state index in [-0.39, 0.29) is 0 Å². The molecule has 0 radical (unpaired) electrons. The summed E-state index contributed by atoms with van der Waals surface area (Å²) in [5, 5.41) is 6.77. The Balaban J connectivity index is 1.34. The standard InChI is InChI=1S/C43H26N4O/c1-3-13-28(14-4-1)41-44-42(29-15-5-2-6-16-29)46-43(45-41)47-39-31-17-8-7-12-27(31)22-25-36(39)35-20-11-19-32(40(35)47)30-23-24-34-33-18-9-10-21-37(33)48-38(34)26-30/h1-26H. The number of benzene rings is 7. The molecule has 0 atom stereocenters. The van der Waals surface area contributed by atoms with Crippen molar-refractivity contribution in [3.63, 3.8) is 0 Å². The quantitative estimate of drug-likeness (QED) is 0.198. The normalized spacial score (nSPS) is 11.8. The van der Waals surface area contributed by atoms with Crippen molar-refractivity contribution in [3.05, 3.63) is 158 Å². The molecule has 48 heavy (non-hydrogen) atoms. The van der Waals surface area contributed by atoms with Crippen LogP contribution in [-0.2, 0) is 0 Å². The van der Waals surface area contributed by atoms with E-state index in [0.29, 0.717) is 17.6 Å². The Labute approximate surface area is 275 Å². The Hall–Kier alpha value is -6.59. The van der Waals surface area contributed by atoms with Crippen LogP contribution in [0.2, 0.25) is 0 Å². The molecule has 10 rings (SSSR count). The number of hydrogen-bond donors (Lipinski definition) is 0. The minimum Gasteiger partial charge on any atom is -0.456 e. The van der Waals surface area contributed by atoms with Gasteiger partial charge < -0.3 is 4.42 Å². The highest BCUT2D eigenvalue weighted by atomic mass is 16.3. The van der Waals surface area contributed by atoms with E-state index in [1.54, 1.807) is 0 Å². The molecule has 0 saturated carbocycles. The Morgan fingerprint density at radius 2 is 1.00 bits per heavy atom. The number of aromatic nitrogens is 4. The fourth-order valence-electron chi connectivity index (χ4n) is 7.05. The number of para-hydroxylation sites is 2. The van der Waals surface area contributed by atoms with E-state index in [0.717, 1.165) is 76.8 Å². The average Bonchev–Trinajstić information content (AvgIpc) is 3.71. The summed E-state index contributed by atoms with van der Waals surface area (Å²) in [5.41, 5.74) is 7.82. The third-order valence-electron chi connectivity index (χ3n) is 9.25. The van der Waals surface area contributed by atoms with E-state index in [1.807, 2.05) is 72.8 Å². The van der Waals surface area contributed by atoms with Gasteiger partial charge in [-0.2, -0.15) is 9.97 Å². The first-order chi connectivity index (χ1) is 23.8. The monoisotopic (exact) mass is 614 g/mol. The van der Waals surface area contributed by atoms with E-state index >= 15 is 0 Å². The Morgan fingerprint density at radius 3 is 1.77 bits per heavy atom. The second kappa shape index (κ2) is 10.5. The number of nitrogens with zero attached hydrogens (tertiary/aromatic N) is 4. The van der Waals surface area contributed by atoms with Crippen molar-refractivity contribution in [1.29, 1.82) is 0 Å². The predicted octanol–water partition coefficient (Wildman–Crippen LogP) is 11.0. The molecule has 0 aliphatic heterocycles. The zero-order valence-electron chi connectivity index (χ0n) is 25.7. The van der Waals surface area contributed by atoms with Gasteiger partial charge in [-0.1, -0.05) is 140 Å². The molecule has 0 unspecified atom stereocenters. The maximum Gasteiger partial charge on any atom is 0.238 e. The van der Waals surface area contributed by atoms with Crippen LogP contribution in [0.15, 0.2) is 162 Å². The van der Waals surface area contributed by atoms with Crippen molar-refractivity contribution >= 4 is 54.5 Å². The van der Waals surface area contributed by atoms with Gasteiger partial charge in [-0.05, 0) is 29.1 Å². The van der Waals surface area contributed by atoms with Crippen molar-refractivity contribution in [1.82, 2.24) is 19.5 Å². The van der Waals surface area contributed by atoms with Gasteiger partial charge in [-0.25, -0.2) is 4.98 Å². The molecule has 3 heterocycles. The van der Waals surface area contributed by atoms with E-state index in [4.69, 9.17) is 19.4 Å². The molecule has 5 heteroatoms. The van der Waals surface area contributed by atoms with Gasteiger partial charge in [-0.3, -0.25) is 4.57 Å². The summed E-state index contributed by atoms with van der Waals surface area (Å²) in [5.74, 6) is 1.81. The van der Waals surface area contributed by atoms with Crippen LogP contribution < -0.4 is 0 Å². The molecule has 5 nitrogen and oxygen atoms in total. The zero-order chi connectivity index (χ0) is 31.6. The topological polar surface area (TPSA) is 56.7 Å². The Bertz CT molecular complexity index is 2780. The molecular formula is C43H26N4O. The van der Waals surface area contributed by atoms with E-state index in [2.05, 4.69) is 89.5 Å². The second-order valence-corrected chi connectivity index (χ2v) is 12.0. The minimum atomic E-state index is 0.566. The highest BCUT2D eigenvalue weighted by Gasteiger charge is 2.22. The summed E-state index contributed by atoms with van der Waals surface area (Å²) >= 11 is 0. The third-order valence-corrected chi connectivity index (χ3v) is 9.25. The molecule has 0 aliphatic rings. The first kappa shape index (κ1) is 26.6. The van der Waals surface area contributed by atoms with Gasteiger partial charge in [0.15, 0.2) is 11.6 Å². The lowest BCUT2D eigenvalue weighted by molar-refractivity contribution is 0.669. The molecule has 0 fully saturated rings. The Kier molecular flexibility index (Phi) is 5.81. The largest absolute Gasteiger partial charge is 0.456 e. The van der Waals surface area contributed by atoms with Crippen LogP contribution >= 0.6 is 0 Å². The van der Waals surface area contributed by atoms with Crippen molar-refractivity contribution < 1.29 is 4.42 Å². The van der Waals surface area contributed by atoms with Gasteiger partial charge in [0, 0.05) is 43.6 Å². The number of hydrogen-bond acceptors (Lipinski definition) is 4. The van der Waals surface area contributed by atoms with Gasteiger partial charge in [0.2, 0.25) is 5.95 Å². The van der Waals surface area contributed by atoms with Crippen LogP contribution in [0.1, 0.15) is 0 Å². The molecule has 3 aromatic heterocycles. The fraction of sp³-hybridized carbons (Fsp3) is 0. The van der Waals surface area contributed by atoms with Crippen LogP contribution in [0.5, 0.6) is 0 Å². The molecular weight excluding hydrogens is 589 g/mol. The fourth-order valence-corrected chi connectivity index (χ4v) is 7.05. The van der Waals surface area contributed by atoms with Crippen LogP contribution in [0.3, 0.4) is 0 Å². The lowest BCUT2D eigenvalue weighted by Gasteiger charge is -2.13. The lowest BCUT2D eigenvalue weighted by Crippen LogP contribution is -2.07. The molecule has 0 amide bonds. The van der Waals surface area contributed by atoms with Gasteiger partial charge in [0.25, 0.3) is 0 Å². The van der Waals surface area contributed by atoms with Crippen LogP contribution in [-0.4, -0.2) is 19.5 Å². The third kappa shape index (κ3) is 4.08. The summed E-state index contributed by atoms with van der Waals surface area (Å²) in [4.78, 5) is 15.4. The van der Waals surface area contributed by atoms with E-state index < -0.39 is 0 Å². The van der Waals surface area contributed by atoms with Crippen molar-refractivity contribution in [2.75, 3.05) is 0 Å². The van der Waals surface area contributed by atoms with E-state index in [1.165, 1.54) is 0 Å². The maximum absolute atomic E-state index is 6.35. The smallest absolute Gasteiger partial charge is 0.238 e. The molecule has 0 aliphatic carbocycles. The van der Waals surface area contributed by atoms with Crippen LogP contribution in [0.25, 0.3) is 94.4 Å². The average molecular weight is 615 g/mol. The van der Waals surface area contributed by atoms with Crippen molar-refractivity contribution in [2.24, 2.45) is 0 Å². The first-order valence-electron chi connectivity index (χ1n) is 16.0. The summed E-state index contributed by atoms with van der Waals surface area (Å²) in [6, 6.07) is 54.4. The number of rotatable bonds is 4. The lowest BCUT2D eigenvalue weighted by atomic mass is 10.00. The Morgan fingerprint density at radius 1 is 0.396 bits per heavy atom. The zero-order valence-corrected chi connectivity index (χ0v) is 25.7. The van der Waals surface area contributed by atoms with Crippen molar-refractivity contribution in [2.45, 2.75) is 0 Å². The van der Waals surface area contributed by atoms with Gasteiger partial charge in [0.05, 0.1) is 11.0 Å². The van der Waals surface area contributed by atoms with E-state index in [9.17, 15) is 0 Å². The molecule has 0 bridgehead atoms. The molecule has 0 saturated heterocycles. The summed E-state index contributed by atoms with van der Waals surface area (Å²) < 4.78 is 8.59. The number of furan rings is 1. The second-order valence-electron chi connectivity index (χ2n) is 12.0. The van der Waals surface area contributed by atoms with Crippen molar-refractivity contribution in [3.8, 4) is 39.9 Å². The maximum atomic E-state index is 6.35. The molecule has 7 aromatic carbocycles. The molecule has 0 N–H and O–H groups in total. The van der Waals surface area contributed by atoms with Crippen LogP contribution in [0, 0.1) is 0 Å². The highest BCUT2D eigenvalue weighted by molar-refractivity contribution is 6.21. The number of fused-ring (bicyclic) bond motifs is 8. The van der Waals surface area contributed by atoms with Gasteiger partial charge >= 0.3 is 0 Å². The predicted molar refractivity (Wildman–Crippen MR) is 195 cm³/mol. The summed E-state index contributed by atoms with van der Waals surface area (Å²) in [6.07, 6.45) is 0. The molecule has 224 valence electrons. The summed E-state index contributed by atoms with van der Waals surface area (Å²) in [6.45, 7) is 0. The van der Waals surface area contributed by atoms with Gasteiger partial charge in [-0.15, -0.1) is 0 Å². The minimum absolute atomic E-state index is 0.566. The molecule has 10 aromatic rings. The molecule has 0 spiro atoms.